The molecule has 0 radical (unpaired) electrons. The number of nitrogens with zero attached hydrogens (tertiary/aromatic N) is 2. The Morgan fingerprint density at radius 3 is 2.58 bits per heavy atom. The summed E-state index contributed by atoms with van der Waals surface area (Å²) in [5.41, 5.74) is 1.52. The lowest BCUT2D eigenvalue weighted by atomic mass is 10.2. The Hall–Kier alpha value is -2.41. The first-order valence-corrected chi connectivity index (χ1v) is 10.6. The number of sulfone groups is 1. The highest BCUT2D eigenvalue weighted by Gasteiger charge is 2.32. The average molecular weight is 373 g/mol. The Morgan fingerprint density at radius 1 is 1.23 bits per heavy atom. The second-order valence-electron chi connectivity index (χ2n) is 6.42. The van der Waals surface area contributed by atoms with Crippen molar-refractivity contribution in [1.29, 1.82) is 0 Å². The molecule has 2 aromatic rings. The van der Waals surface area contributed by atoms with Crippen molar-refractivity contribution in [2.75, 3.05) is 23.0 Å². The van der Waals surface area contributed by atoms with Gasteiger partial charge in [-0.15, -0.1) is 0 Å². The number of nitrogens with one attached hydrogen (secondary N) is 1. The molecule has 1 unspecified atom stereocenters. The van der Waals surface area contributed by atoms with E-state index >= 15 is 0 Å². The van der Waals surface area contributed by atoms with E-state index in [1.807, 2.05) is 42.2 Å². The van der Waals surface area contributed by atoms with Crippen molar-refractivity contribution in [3.8, 4) is 0 Å². The van der Waals surface area contributed by atoms with Gasteiger partial charge >= 0.3 is 0 Å². The smallest absolute Gasteiger partial charge is 0.253 e. The summed E-state index contributed by atoms with van der Waals surface area (Å²) < 4.78 is 23.4. The molecule has 3 rings (SSSR count). The van der Waals surface area contributed by atoms with Crippen LogP contribution in [0.15, 0.2) is 48.7 Å². The van der Waals surface area contributed by atoms with E-state index in [1.165, 1.54) is 0 Å². The van der Waals surface area contributed by atoms with Gasteiger partial charge in [-0.05, 0) is 31.0 Å². The number of hydrogen-bond donors (Lipinski definition) is 1. The molecule has 7 heteroatoms. The van der Waals surface area contributed by atoms with E-state index < -0.39 is 9.84 Å². The van der Waals surface area contributed by atoms with Crippen LogP contribution in [0, 0.1) is 0 Å². The van der Waals surface area contributed by atoms with Crippen LogP contribution in [0.5, 0.6) is 0 Å². The minimum Gasteiger partial charge on any atom is -0.353 e. The molecule has 138 valence electrons. The minimum atomic E-state index is -2.95. The summed E-state index contributed by atoms with van der Waals surface area (Å²) >= 11 is 0. The van der Waals surface area contributed by atoms with Crippen molar-refractivity contribution in [3.63, 3.8) is 0 Å². The zero-order valence-corrected chi connectivity index (χ0v) is 15.6. The maximum Gasteiger partial charge on any atom is 0.253 e. The summed E-state index contributed by atoms with van der Waals surface area (Å²) in [7, 11) is -2.95. The van der Waals surface area contributed by atoms with Gasteiger partial charge in [-0.2, -0.15) is 0 Å². The Kier molecular flexibility index (Phi) is 5.56. The predicted octanol–water partition coefficient (Wildman–Crippen LogP) is 2.02. The topological polar surface area (TPSA) is 79.4 Å². The van der Waals surface area contributed by atoms with Crippen molar-refractivity contribution in [1.82, 2.24) is 10.3 Å². The standard InChI is InChI=1S/C19H23N3O3S/c1-2-22(17-10-11-26(24,25)14-17)18-9-8-16(13-20-18)19(23)21-12-15-6-4-3-5-7-15/h3-9,13,17H,2,10-12,14H2,1H3,(H,21,23). The zero-order chi connectivity index (χ0) is 18.6. The molecule has 1 aliphatic rings. The van der Waals surface area contributed by atoms with Crippen LogP contribution < -0.4 is 10.2 Å². The van der Waals surface area contributed by atoms with Crippen LogP contribution in [0.3, 0.4) is 0 Å². The van der Waals surface area contributed by atoms with Gasteiger partial charge in [0.2, 0.25) is 0 Å². The van der Waals surface area contributed by atoms with Gasteiger partial charge in [-0.1, -0.05) is 30.3 Å². The molecule has 1 saturated heterocycles. The van der Waals surface area contributed by atoms with Crippen LogP contribution in [0.1, 0.15) is 29.3 Å². The first-order chi connectivity index (χ1) is 12.5. The number of benzene rings is 1. The second kappa shape index (κ2) is 7.86. The van der Waals surface area contributed by atoms with E-state index in [9.17, 15) is 13.2 Å². The van der Waals surface area contributed by atoms with Gasteiger partial charge in [-0.3, -0.25) is 4.79 Å². The average Bonchev–Trinajstić information content (AvgIpc) is 3.01. The summed E-state index contributed by atoms with van der Waals surface area (Å²) in [6.45, 7) is 3.11. The summed E-state index contributed by atoms with van der Waals surface area (Å²) in [5, 5.41) is 2.87. The largest absolute Gasteiger partial charge is 0.353 e. The third-order valence-electron chi connectivity index (χ3n) is 4.59. The monoisotopic (exact) mass is 373 g/mol. The number of carbonyl (C=O) groups excluding carboxylic acids is 1. The molecule has 1 aromatic carbocycles. The van der Waals surface area contributed by atoms with Gasteiger partial charge in [0.25, 0.3) is 5.91 Å². The minimum absolute atomic E-state index is 0.0461. The molecule has 0 spiro atoms. The molecule has 2 heterocycles. The fourth-order valence-electron chi connectivity index (χ4n) is 3.20. The van der Waals surface area contributed by atoms with Gasteiger partial charge in [-0.25, -0.2) is 13.4 Å². The first kappa shape index (κ1) is 18.4. The van der Waals surface area contributed by atoms with E-state index in [4.69, 9.17) is 0 Å². The maximum absolute atomic E-state index is 12.3. The Balaban J connectivity index is 1.64. The second-order valence-corrected chi connectivity index (χ2v) is 8.64. The number of rotatable bonds is 6. The summed E-state index contributed by atoms with van der Waals surface area (Å²) in [4.78, 5) is 18.7. The highest BCUT2D eigenvalue weighted by Crippen LogP contribution is 2.22. The number of aromatic nitrogens is 1. The van der Waals surface area contributed by atoms with Crippen molar-refractivity contribution in [2.24, 2.45) is 0 Å². The van der Waals surface area contributed by atoms with E-state index in [0.29, 0.717) is 30.9 Å². The van der Waals surface area contributed by atoms with Crippen LogP contribution in [0.2, 0.25) is 0 Å². The number of amides is 1. The Morgan fingerprint density at radius 2 is 2.00 bits per heavy atom. The Bertz CT molecular complexity index is 851. The van der Waals surface area contributed by atoms with E-state index in [-0.39, 0.29) is 23.5 Å². The SMILES string of the molecule is CCN(c1ccc(C(=O)NCc2ccccc2)cn1)C1CCS(=O)(=O)C1. The first-order valence-electron chi connectivity index (χ1n) is 8.74. The van der Waals surface area contributed by atoms with E-state index in [2.05, 4.69) is 10.3 Å². The predicted molar refractivity (Wildman–Crippen MR) is 102 cm³/mol. The summed E-state index contributed by atoms with van der Waals surface area (Å²) in [6.07, 6.45) is 2.17. The van der Waals surface area contributed by atoms with Gasteiger partial charge in [0.1, 0.15) is 5.82 Å². The van der Waals surface area contributed by atoms with Crippen LogP contribution in [-0.2, 0) is 16.4 Å². The van der Waals surface area contributed by atoms with E-state index in [0.717, 1.165) is 5.56 Å². The van der Waals surface area contributed by atoms with Gasteiger partial charge in [0, 0.05) is 25.3 Å². The quantitative estimate of drug-likeness (QED) is 0.838. The molecule has 1 amide bonds. The molecule has 1 atom stereocenters. The third kappa shape index (κ3) is 4.40. The number of anilines is 1. The molecule has 1 aromatic heterocycles. The fourth-order valence-corrected chi connectivity index (χ4v) is 4.93. The van der Waals surface area contributed by atoms with Crippen molar-refractivity contribution < 1.29 is 13.2 Å². The number of carbonyl (C=O) groups is 1. The lowest BCUT2D eigenvalue weighted by molar-refractivity contribution is 0.0950. The highest BCUT2D eigenvalue weighted by atomic mass is 32.2. The molecule has 1 aliphatic heterocycles. The fraction of sp³-hybridized carbons (Fsp3) is 0.368. The highest BCUT2D eigenvalue weighted by molar-refractivity contribution is 7.91. The van der Waals surface area contributed by atoms with Gasteiger partial charge < -0.3 is 10.2 Å². The third-order valence-corrected chi connectivity index (χ3v) is 6.34. The van der Waals surface area contributed by atoms with Crippen LogP contribution >= 0.6 is 0 Å². The molecule has 0 aliphatic carbocycles. The molecule has 1 N–H and O–H groups in total. The summed E-state index contributed by atoms with van der Waals surface area (Å²) in [6, 6.07) is 13.2. The van der Waals surface area contributed by atoms with Gasteiger partial charge in [0.05, 0.1) is 17.1 Å². The molecular weight excluding hydrogens is 350 g/mol. The lowest BCUT2D eigenvalue weighted by Gasteiger charge is -2.27. The molecule has 0 saturated carbocycles. The lowest BCUT2D eigenvalue weighted by Crippen LogP contribution is -2.36. The van der Waals surface area contributed by atoms with Crippen molar-refractivity contribution in [2.45, 2.75) is 25.9 Å². The molecule has 6 nitrogen and oxygen atoms in total. The number of hydrogen-bond acceptors (Lipinski definition) is 5. The van der Waals surface area contributed by atoms with Crippen molar-refractivity contribution >= 4 is 21.6 Å². The summed E-state index contributed by atoms with van der Waals surface area (Å²) in [5.74, 6) is 0.921. The number of pyridine rings is 1. The zero-order valence-electron chi connectivity index (χ0n) is 14.8. The normalized spacial score (nSPS) is 18.4. The van der Waals surface area contributed by atoms with Crippen LogP contribution in [0.25, 0.3) is 0 Å². The molecular formula is C19H23N3O3S. The van der Waals surface area contributed by atoms with Gasteiger partial charge in [0.15, 0.2) is 9.84 Å². The molecule has 26 heavy (non-hydrogen) atoms. The Labute approximate surface area is 154 Å². The van der Waals surface area contributed by atoms with E-state index in [1.54, 1.807) is 18.3 Å². The molecule has 0 bridgehead atoms. The molecule has 1 fully saturated rings. The maximum atomic E-state index is 12.3. The van der Waals surface area contributed by atoms with Crippen molar-refractivity contribution in [3.05, 3.63) is 59.8 Å². The van der Waals surface area contributed by atoms with Crippen LogP contribution in [-0.4, -0.2) is 43.4 Å². The van der Waals surface area contributed by atoms with Crippen LogP contribution in [0.4, 0.5) is 5.82 Å².